The maximum absolute atomic E-state index is 13.9. The molecule has 6 rings (SSSR count). The van der Waals surface area contributed by atoms with Gasteiger partial charge in [0.25, 0.3) is 5.91 Å². The highest BCUT2D eigenvalue weighted by molar-refractivity contribution is 5.93. The SMILES string of the molecule is CN(C(=O)C[N+]12CCC(CC1)C(OC(=O)C1(c3ccccc3)CCCCCC1)C2)c1ccncc1. The number of likely N-dealkylation sites (N-methyl/N-ethyl adjacent to an activating group) is 1. The van der Waals surface area contributed by atoms with Gasteiger partial charge in [0.15, 0.2) is 12.6 Å². The zero-order valence-corrected chi connectivity index (χ0v) is 20.9. The van der Waals surface area contributed by atoms with Gasteiger partial charge in [-0.3, -0.25) is 14.6 Å². The van der Waals surface area contributed by atoms with Crippen molar-refractivity contribution in [1.82, 2.24) is 4.98 Å². The molecule has 1 unspecified atom stereocenters. The van der Waals surface area contributed by atoms with E-state index in [1.807, 2.05) is 37.4 Å². The molecule has 186 valence electrons. The highest BCUT2D eigenvalue weighted by atomic mass is 16.5. The molecular weight excluding hydrogens is 438 g/mol. The Labute approximate surface area is 208 Å². The van der Waals surface area contributed by atoms with Gasteiger partial charge in [0.1, 0.15) is 6.54 Å². The van der Waals surface area contributed by atoms with Crippen molar-refractivity contribution in [1.29, 1.82) is 0 Å². The van der Waals surface area contributed by atoms with Gasteiger partial charge in [-0.15, -0.1) is 0 Å². The number of nitrogens with zero attached hydrogens (tertiary/aromatic N) is 3. The van der Waals surface area contributed by atoms with E-state index in [1.54, 1.807) is 17.3 Å². The Kier molecular flexibility index (Phi) is 6.92. The molecule has 4 aliphatic rings. The lowest BCUT2D eigenvalue weighted by atomic mass is 9.74. The molecule has 2 bridgehead atoms. The first-order chi connectivity index (χ1) is 17.0. The standard InChI is InChI=1S/C29H38N3O3/c1-31(25-11-17-30-18-12-25)27(33)22-32-19-13-23(14-20-32)26(21-32)35-28(34)29(15-7-2-3-8-16-29)24-9-5-4-6-10-24/h4-6,9-12,17-18,23,26H,2-3,7-8,13-16,19-22H2,1H3/q+1. The molecule has 6 heteroatoms. The number of carbonyl (C=O) groups excluding carboxylic acids is 2. The number of pyridine rings is 1. The van der Waals surface area contributed by atoms with Crippen LogP contribution in [0.4, 0.5) is 5.69 Å². The third kappa shape index (κ3) is 4.86. The van der Waals surface area contributed by atoms with E-state index in [9.17, 15) is 9.59 Å². The molecule has 1 atom stereocenters. The molecule has 0 radical (unpaired) electrons. The molecule has 1 aromatic heterocycles. The van der Waals surface area contributed by atoms with Crippen LogP contribution in [0, 0.1) is 5.92 Å². The Morgan fingerprint density at radius 3 is 2.31 bits per heavy atom. The number of amides is 1. The van der Waals surface area contributed by atoms with E-state index < -0.39 is 5.41 Å². The van der Waals surface area contributed by atoms with Crippen LogP contribution in [0.15, 0.2) is 54.9 Å². The van der Waals surface area contributed by atoms with E-state index in [0.29, 0.717) is 12.5 Å². The summed E-state index contributed by atoms with van der Waals surface area (Å²) in [6.45, 7) is 3.16. The molecule has 0 N–H and O–H groups in total. The number of anilines is 1. The van der Waals surface area contributed by atoms with E-state index >= 15 is 0 Å². The molecule has 1 saturated carbocycles. The molecule has 3 saturated heterocycles. The monoisotopic (exact) mass is 476 g/mol. The third-order valence-electron chi connectivity index (χ3n) is 8.87. The molecule has 4 heterocycles. The normalized spacial score (nSPS) is 27.6. The Morgan fingerprint density at radius 1 is 1.00 bits per heavy atom. The number of rotatable bonds is 6. The highest BCUT2D eigenvalue weighted by Gasteiger charge is 2.51. The van der Waals surface area contributed by atoms with Crippen molar-refractivity contribution in [2.24, 2.45) is 5.92 Å². The van der Waals surface area contributed by atoms with Crippen LogP contribution in [0.3, 0.4) is 0 Å². The van der Waals surface area contributed by atoms with Gasteiger partial charge in [0.05, 0.1) is 18.5 Å². The molecule has 0 spiro atoms. The van der Waals surface area contributed by atoms with Crippen molar-refractivity contribution in [2.75, 3.05) is 38.1 Å². The minimum atomic E-state index is -0.536. The van der Waals surface area contributed by atoms with Crippen LogP contribution < -0.4 is 4.90 Å². The molecule has 35 heavy (non-hydrogen) atoms. The van der Waals surface area contributed by atoms with Gasteiger partial charge in [0.2, 0.25) is 0 Å². The van der Waals surface area contributed by atoms with Gasteiger partial charge in [-0.05, 0) is 30.5 Å². The Hall–Kier alpha value is -2.73. The Bertz CT molecular complexity index is 1010. The lowest BCUT2D eigenvalue weighted by Gasteiger charge is -2.52. The number of piperidine rings is 3. The maximum atomic E-state index is 13.9. The first-order valence-corrected chi connectivity index (χ1v) is 13.3. The van der Waals surface area contributed by atoms with Crippen molar-refractivity contribution in [2.45, 2.75) is 62.9 Å². The summed E-state index contributed by atoms with van der Waals surface area (Å²) >= 11 is 0. The van der Waals surface area contributed by atoms with E-state index in [0.717, 1.165) is 73.9 Å². The minimum Gasteiger partial charge on any atom is -0.455 e. The molecule has 6 nitrogen and oxygen atoms in total. The minimum absolute atomic E-state index is 0.0391. The summed E-state index contributed by atoms with van der Waals surface area (Å²) in [5.41, 5.74) is 1.42. The number of fused-ring (bicyclic) bond motifs is 3. The summed E-state index contributed by atoms with van der Waals surface area (Å²) in [6, 6.07) is 14.0. The summed E-state index contributed by atoms with van der Waals surface area (Å²) in [4.78, 5) is 32.9. The van der Waals surface area contributed by atoms with E-state index in [2.05, 4.69) is 17.1 Å². The summed E-state index contributed by atoms with van der Waals surface area (Å²) in [6.07, 6.45) is 11.6. The largest absolute Gasteiger partial charge is 0.455 e. The third-order valence-corrected chi connectivity index (χ3v) is 8.87. The highest BCUT2D eigenvalue weighted by Crippen LogP contribution is 2.42. The zero-order chi connectivity index (χ0) is 24.3. The number of esters is 1. The number of carbonyl (C=O) groups is 2. The van der Waals surface area contributed by atoms with Crippen molar-refractivity contribution in [3.8, 4) is 0 Å². The fourth-order valence-electron chi connectivity index (χ4n) is 6.63. The Balaban J connectivity index is 1.31. The first kappa shape index (κ1) is 24.0. The quantitative estimate of drug-likeness (QED) is 0.350. The summed E-state index contributed by atoms with van der Waals surface area (Å²) in [7, 11) is 1.83. The summed E-state index contributed by atoms with van der Waals surface area (Å²) in [5, 5.41) is 0. The van der Waals surface area contributed by atoms with Gasteiger partial charge >= 0.3 is 5.97 Å². The van der Waals surface area contributed by atoms with E-state index in [4.69, 9.17) is 4.74 Å². The van der Waals surface area contributed by atoms with Crippen LogP contribution in [-0.2, 0) is 19.7 Å². The van der Waals surface area contributed by atoms with Crippen LogP contribution in [0.5, 0.6) is 0 Å². The molecule has 2 aromatic rings. The lowest BCUT2D eigenvalue weighted by molar-refractivity contribution is -0.939. The fourth-order valence-corrected chi connectivity index (χ4v) is 6.63. The van der Waals surface area contributed by atoms with Crippen LogP contribution in [0.25, 0.3) is 0 Å². The molecule has 1 amide bonds. The summed E-state index contributed by atoms with van der Waals surface area (Å²) in [5.74, 6) is 0.472. The molecule has 4 fully saturated rings. The number of hydrogen-bond donors (Lipinski definition) is 0. The number of aromatic nitrogens is 1. The second kappa shape index (κ2) is 10.1. The molecule has 1 aliphatic carbocycles. The van der Waals surface area contributed by atoms with Crippen molar-refractivity contribution >= 4 is 17.6 Å². The topological polar surface area (TPSA) is 59.5 Å². The van der Waals surface area contributed by atoms with Crippen molar-refractivity contribution < 1.29 is 18.8 Å². The fraction of sp³-hybridized carbons (Fsp3) is 0.552. The van der Waals surface area contributed by atoms with Gasteiger partial charge < -0.3 is 14.1 Å². The average Bonchev–Trinajstić information content (AvgIpc) is 3.17. The predicted octanol–water partition coefficient (Wildman–Crippen LogP) is 4.49. The smallest absolute Gasteiger partial charge is 0.317 e. The summed E-state index contributed by atoms with van der Waals surface area (Å²) < 4.78 is 7.17. The zero-order valence-electron chi connectivity index (χ0n) is 20.9. The second-order valence-electron chi connectivity index (χ2n) is 10.9. The van der Waals surface area contributed by atoms with Crippen LogP contribution in [0.2, 0.25) is 0 Å². The molecular formula is C29H38N3O3+. The Morgan fingerprint density at radius 2 is 1.66 bits per heavy atom. The number of quaternary nitrogens is 1. The number of benzene rings is 1. The number of hydrogen-bond acceptors (Lipinski definition) is 4. The average molecular weight is 477 g/mol. The van der Waals surface area contributed by atoms with Gasteiger partial charge in [-0.2, -0.15) is 0 Å². The van der Waals surface area contributed by atoms with E-state index in [-0.39, 0.29) is 18.0 Å². The van der Waals surface area contributed by atoms with Crippen LogP contribution in [-0.4, -0.2) is 60.7 Å². The van der Waals surface area contributed by atoms with Crippen molar-refractivity contribution in [3.63, 3.8) is 0 Å². The second-order valence-corrected chi connectivity index (χ2v) is 10.9. The maximum Gasteiger partial charge on any atom is 0.317 e. The van der Waals surface area contributed by atoms with Crippen LogP contribution in [0.1, 0.15) is 56.9 Å². The van der Waals surface area contributed by atoms with Gasteiger partial charge in [0, 0.05) is 43.9 Å². The van der Waals surface area contributed by atoms with Gasteiger partial charge in [-0.1, -0.05) is 56.0 Å². The number of ether oxygens (including phenoxy) is 1. The van der Waals surface area contributed by atoms with Gasteiger partial charge in [-0.25, -0.2) is 0 Å². The predicted molar refractivity (Wildman–Crippen MR) is 136 cm³/mol. The first-order valence-electron chi connectivity index (χ1n) is 13.3. The lowest BCUT2D eigenvalue weighted by Crippen LogP contribution is -2.67. The van der Waals surface area contributed by atoms with E-state index in [1.165, 1.54) is 12.8 Å². The van der Waals surface area contributed by atoms with Crippen LogP contribution >= 0.6 is 0 Å². The molecule has 3 aliphatic heterocycles. The van der Waals surface area contributed by atoms with Crippen molar-refractivity contribution in [3.05, 3.63) is 60.4 Å². The molecule has 1 aromatic carbocycles.